The van der Waals surface area contributed by atoms with Gasteiger partial charge in [0.05, 0.1) is 18.0 Å². The van der Waals surface area contributed by atoms with Crippen LogP contribution in [0.4, 0.5) is 5.69 Å². The monoisotopic (exact) mass is 400 g/mol. The first-order valence-electron chi connectivity index (χ1n) is 9.55. The Balaban J connectivity index is 1.55. The molecule has 0 aromatic heterocycles. The van der Waals surface area contributed by atoms with E-state index in [2.05, 4.69) is 17.4 Å². The smallest absolute Gasteiger partial charge is 0.261 e. The zero-order chi connectivity index (χ0) is 19.7. The van der Waals surface area contributed by atoms with Gasteiger partial charge in [0.15, 0.2) is 6.10 Å². The predicted molar refractivity (Wildman–Crippen MR) is 108 cm³/mol. The molecular weight excluding hydrogens is 376 g/mol. The average molecular weight is 401 g/mol. The molecule has 28 heavy (non-hydrogen) atoms. The van der Waals surface area contributed by atoms with Gasteiger partial charge in [-0.1, -0.05) is 36.4 Å². The summed E-state index contributed by atoms with van der Waals surface area (Å²) in [6.45, 7) is 0.204. The number of sulfonamides is 1. The number of ether oxygens (including phenoxy) is 1. The van der Waals surface area contributed by atoms with Gasteiger partial charge in [-0.25, -0.2) is 8.42 Å². The molecule has 0 saturated heterocycles. The molecule has 7 heteroatoms. The van der Waals surface area contributed by atoms with Crippen molar-refractivity contribution >= 4 is 21.6 Å². The molecular formula is C21H24N2O4S. The van der Waals surface area contributed by atoms with Crippen LogP contribution in [0.2, 0.25) is 0 Å². The summed E-state index contributed by atoms with van der Waals surface area (Å²) in [5.74, 6) is 0.210. The second kappa shape index (κ2) is 7.47. The maximum absolute atomic E-state index is 13.0. The fourth-order valence-corrected chi connectivity index (χ4v) is 4.97. The number of hydrogen-bond donors (Lipinski definition) is 1. The number of anilines is 1. The van der Waals surface area contributed by atoms with E-state index in [0.717, 1.165) is 24.8 Å². The van der Waals surface area contributed by atoms with E-state index in [4.69, 9.17) is 4.74 Å². The zero-order valence-corrected chi connectivity index (χ0v) is 16.6. The molecule has 1 aliphatic heterocycles. The van der Waals surface area contributed by atoms with Gasteiger partial charge in [-0.05, 0) is 42.5 Å². The quantitative estimate of drug-likeness (QED) is 0.860. The molecule has 1 amide bonds. The third-order valence-electron chi connectivity index (χ3n) is 5.38. The second-order valence-electron chi connectivity index (χ2n) is 7.35. The van der Waals surface area contributed by atoms with Gasteiger partial charge >= 0.3 is 0 Å². The Labute approximate surface area is 165 Å². The summed E-state index contributed by atoms with van der Waals surface area (Å²) in [5.41, 5.74) is 2.91. The van der Waals surface area contributed by atoms with E-state index >= 15 is 0 Å². The molecule has 6 nitrogen and oxygen atoms in total. The van der Waals surface area contributed by atoms with E-state index in [0.29, 0.717) is 17.9 Å². The number of nitrogens with one attached hydrogen (secondary N) is 1. The highest BCUT2D eigenvalue weighted by Crippen LogP contribution is 2.34. The van der Waals surface area contributed by atoms with Gasteiger partial charge in [0.25, 0.3) is 5.91 Å². The molecule has 1 heterocycles. The van der Waals surface area contributed by atoms with Gasteiger partial charge in [0.1, 0.15) is 5.75 Å². The van der Waals surface area contributed by atoms with E-state index in [-0.39, 0.29) is 18.5 Å². The van der Waals surface area contributed by atoms with Crippen LogP contribution in [0.5, 0.6) is 5.75 Å². The number of fused-ring (bicyclic) bond motifs is 2. The number of carbonyl (C=O) groups is 1. The van der Waals surface area contributed by atoms with E-state index in [1.165, 1.54) is 16.1 Å². The molecule has 0 fully saturated rings. The van der Waals surface area contributed by atoms with Gasteiger partial charge in [-0.2, -0.15) is 0 Å². The summed E-state index contributed by atoms with van der Waals surface area (Å²) >= 11 is 0. The lowest BCUT2D eigenvalue weighted by molar-refractivity contribution is -0.129. The van der Waals surface area contributed by atoms with E-state index in [9.17, 15) is 13.2 Å². The lowest BCUT2D eigenvalue weighted by Gasteiger charge is -2.28. The first-order chi connectivity index (χ1) is 13.4. The Morgan fingerprint density at radius 3 is 2.68 bits per heavy atom. The molecule has 0 radical (unpaired) electrons. The molecule has 0 bridgehead atoms. The summed E-state index contributed by atoms with van der Waals surface area (Å²) < 4.78 is 31.7. The average Bonchev–Trinajstić information content (AvgIpc) is 2.88. The number of rotatable bonds is 3. The van der Waals surface area contributed by atoms with Crippen LogP contribution >= 0.6 is 0 Å². The Kier molecular flexibility index (Phi) is 5.02. The number of para-hydroxylation sites is 2. The normalized spacial score (nSPS) is 21.7. The molecule has 0 unspecified atom stereocenters. The Bertz CT molecular complexity index is 989. The van der Waals surface area contributed by atoms with Crippen molar-refractivity contribution in [2.24, 2.45) is 0 Å². The van der Waals surface area contributed by atoms with Gasteiger partial charge in [0.2, 0.25) is 10.0 Å². The minimum absolute atomic E-state index is 0.0365. The van der Waals surface area contributed by atoms with E-state index in [1.54, 1.807) is 24.3 Å². The number of aryl methyl sites for hydroxylation is 1. The summed E-state index contributed by atoms with van der Waals surface area (Å²) in [6, 6.07) is 15.1. The van der Waals surface area contributed by atoms with Crippen LogP contribution in [0.25, 0.3) is 0 Å². The van der Waals surface area contributed by atoms with Crippen molar-refractivity contribution < 1.29 is 17.9 Å². The molecule has 0 spiro atoms. The fraction of sp³-hybridized carbons (Fsp3) is 0.381. The number of benzene rings is 2. The molecule has 1 N–H and O–H groups in total. The number of amides is 1. The SMILES string of the molecule is CS(=O)(=O)N1CC[C@@H](C(=O)N[C@@H]2CCCc3ccccc32)Oc2ccccc21. The number of hydrogen-bond acceptors (Lipinski definition) is 4. The van der Waals surface area contributed by atoms with E-state index < -0.39 is 16.1 Å². The molecule has 0 saturated carbocycles. The summed E-state index contributed by atoms with van der Waals surface area (Å²) in [4.78, 5) is 13.0. The molecule has 2 aromatic carbocycles. The van der Waals surface area contributed by atoms with Crippen LogP contribution in [-0.4, -0.2) is 33.2 Å². The standard InChI is InChI=1S/C21H24N2O4S/c1-28(25,26)23-14-13-20(27-19-12-5-4-11-18(19)23)21(24)22-17-10-6-8-15-7-2-3-9-16(15)17/h2-5,7,9,11-12,17,20H,6,8,10,13-14H2,1H3,(H,22,24)/t17-,20+/m1/s1. The highest BCUT2D eigenvalue weighted by molar-refractivity contribution is 7.92. The summed E-state index contributed by atoms with van der Waals surface area (Å²) in [5, 5.41) is 3.13. The van der Waals surface area contributed by atoms with Crippen LogP contribution in [0.3, 0.4) is 0 Å². The maximum Gasteiger partial charge on any atom is 0.261 e. The van der Waals surface area contributed by atoms with Crippen molar-refractivity contribution in [2.75, 3.05) is 17.1 Å². The minimum atomic E-state index is -3.46. The highest BCUT2D eigenvalue weighted by Gasteiger charge is 2.32. The van der Waals surface area contributed by atoms with Crippen molar-refractivity contribution in [2.45, 2.75) is 37.8 Å². The number of nitrogens with zero attached hydrogens (tertiary/aromatic N) is 1. The summed E-state index contributed by atoms with van der Waals surface area (Å²) in [7, 11) is -3.46. The van der Waals surface area contributed by atoms with Gasteiger partial charge in [0, 0.05) is 13.0 Å². The third kappa shape index (κ3) is 3.71. The van der Waals surface area contributed by atoms with Crippen molar-refractivity contribution in [1.29, 1.82) is 0 Å². The van der Waals surface area contributed by atoms with Gasteiger partial charge in [-0.3, -0.25) is 9.10 Å². The summed E-state index contributed by atoms with van der Waals surface area (Å²) in [6.07, 6.45) is 3.67. The topological polar surface area (TPSA) is 75.7 Å². The van der Waals surface area contributed by atoms with Crippen LogP contribution in [0.15, 0.2) is 48.5 Å². The highest BCUT2D eigenvalue weighted by atomic mass is 32.2. The van der Waals surface area contributed by atoms with Gasteiger partial charge in [-0.15, -0.1) is 0 Å². The van der Waals surface area contributed by atoms with Crippen LogP contribution < -0.4 is 14.4 Å². The fourth-order valence-electron chi connectivity index (χ4n) is 4.03. The first kappa shape index (κ1) is 18.8. The lowest BCUT2D eigenvalue weighted by Crippen LogP contribution is -2.42. The van der Waals surface area contributed by atoms with Crippen molar-refractivity contribution in [3.63, 3.8) is 0 Å². The Morgan fingerprint density at radius 1 is 1.11 bits per heavy atom. The zero-order valence-electron chi connectivity index (χ0n) is 15.8. The third-order valence-corrected chi connectivity index (χ3v) is 6.56. The molecule has 2 atom stereocenters. The van der Waals surface area contributed by atoms with Crippen LogP contribution in [0.1, 0.15) is 36.4 Å². The molecule has 2 aromatic rings. The molecule has 4 rings (SSSR count). The maximum atomic E-state index is 13.0. The van der Waals surface area contributed by atoms with Gasteiger partial charge < -0.3 is 10.1 Å². The number of carbonyl (C=O) groups excluding carboxylic acids is 1. The van der Waals surface area contributed by atoms with Crippen molar-refractivity contribution in [3.8, 4) is 5.75 Å². The Hall–Kier alpha value is -2.54. The molecule has 148 valence electrons. The predicted octanol–water partition coefficient (Wildman–Crippen LogP) is 2.80. The lowest BCUT2D eigenvalue weighted by atomic mass is 9.87. The largest absolute Gasteiger partial charge is 0.478 e. The van der Waals surface area contributed by atoms with Crippen LogP contribution in [-0.2, 0) is 21.2 Å². The molecule has 1 aliphatic carbocycles. The van der Waals surface area contributed by atoms with E-state index in [1.807, 2.05) is 12.1 Å². The van der Waals surface area contributed by atoms with Crippen molar-refractivity contribution in [1.82, 2.24) is 5.32 Å². The Morgan fingerprint density at radius 2 is 1.86 bits per heavy atom. The first-order valence-corrected chi connectivity index (χ1v) is 11.4. The molecule has 2 aliphatic rings. The van der Waals surface area contributed by atoms with Crippen LogP contribution in [0, 0.1) is 0 Å². The second-order valence-corrected chi connectivity index (χ2v) is 9.26. The van der Waals surface area contributed by atoms with Crippen molar-refractivity contribution in [3.05, 3.63) is 59.7 Å². The minimum Gasteiger partial charge on any atom is -0.478 e.